The largest absolute Gasteiger partial charge is 0.497 e. The van der Waals surface area contributed by atoms with Gasteiger partial charge in [0.1, 0.15) is 17.4 Å². The van der Waals surface area contributed by atoms with Crippen molar-refractivity contribution < 1.29 is 18.3 Å². The molecular formula is C22H22F2N2O3S. The number of ether oxygens (including phenoxy) is 2. The van der Waals surface area contributed by atoms with Crippen LogP contribution in [0.15, 0.2) is 52.4 Å². The van der Waals surface area contributed by atoms with Gasteiger partial charge in [0.25, 0.3) is 5.56 Å². The van der Waals surface area contributed by atoms with Gasteiger partial charge in [-0.1, -0.05) is 30.0 Å². The number of aromatic amines is 1. The van der Waals surface area contributed by atoms with Crippen molar-refractivity contribution in [3.8, 4) is 5.75 Å². The second kappa shape index (κ2) is 10.4. The molecule has 8 heteroatoms. The Kier molecular flexibility index (Phi) is 7.59. The lowest BCUT2D eigenvalue weighted by Crippen LogP contribution is -2.17. The minimum absolute atomic E-state index is 0.0875. The lowest BCUT2D eigenvalue weighted by Gasteiger charge is -2.09. The molecule has 158 valence electrons. The third-order valence-corrected chi connectivity index (χ3v) is 5.37. The third-order valence-electron chi connectivity index (χ3n) is 4.53. The normalized spacial score (nSPS) is 10.9. The summed E-state index contributed by atoms with van der Waals surface area (Å²) in [6.45, 7) is 2.50. The highest BCUT2D eigenvalue weighted by molar-refractivity contribution is 7.99. The van der Waals surface area contributed by atoms with E-state index in [9.17, 15) is 13.6 Å². The van der Waals surface area contributed by atoms with Crippen molar-refractivity contribution >= 4 is 11.8 Å². The number of nitrogens with zero attached hydrogens (tertiary/aromatic N) is 1. The van der Waals surface area contributed by atoms with Gasteiger partial charge in [0.15, 0.2) is 5.16 Å². The van der Waals surface area contributed by atoms with Crippen LogP contribution in [0.3, 0.4) is 0 Å². The first-order valence-electron chi connectivity index (χ1n) is 9.34. The highest BCUT2D eigenvalue weighted by Crippen LogP contribution is 2.19. The van der Waals surface area contributed by atoms with Crippen LogP contribution in [-0.2, 0) is 17.8 Å². The van der Waals surface area contributed by atoms with E-state index in [1.54, 1.807) is 14.0 Å². The maximum atomic E-state index is 14.0. The van der Waals surface area contributed by atoms with Gasteiger partial charge >= 0.3 is 0 Å². The maximum absolute atomic E-state index is 14.0. The highest BCUT2D eigenvalue weighted by atomic mass is 32.2. The molecule has 1 heterocycles. The highest BCUT2D eigenvalue weighted by Gasteiger charge is 2.14. The van der Waals surface area contributed by atoms with E-state index in [2.05, 4.69) is 9.97 Å². The van der Waals surface area contributed by atoms with E-state index in [4.69, 9.17) is 9.47 Å². The molecule has 0 unspecified atom stereocenters. The molecule has 3 aromatic rings. The summed E-state index contributed by atoms with van der Waals surface area (Å²) in [5, 5.41) is 0.394. The Labute approximate surface area is 177 Å². The van der Waals surface area contributed by atoms with Gasteiger partial charge in [-0.15, -0.1) is 0 Å². The predicted molar refractivity (Wildman–Crippen MR) is 112 cm³/mol. The molecule has 0 saturated carbocycles. The van der Waals surface area contributed by atoms with Crippen LogP contribution >= 0.6 is 11.8 Å². The molecule has 0 spiro atoms. The summed E-state index contributed by atoms with van der Waals surface area (Å²) in [4.78, 5) is 19.3. The lowest BCUT2D eigenvalue weighted by molar-refractivity contribution is 0.136. The quantitative estimate of drug-likeness (QED) is 0.311. The first-order valence-corrected chi connectivity index (χ1v) is 10.3. The summed E-state index contributed by atoms with van der Waals surface area (Å²) in [5.74, 6) is 0.0420. The van der Waals surface area contributed by atoms with Gasteiger partial charge in [0.05, 0.1) is 26.0 Å². The Hall–Kier alpha value is -2.71. The van der Waals surface area contributed by atoms with E-state index in [0.29, 0.717) is 35.4 Å². The van der Waals surface area contributed by atoms with Crippen LogP contribution < -0.4 is 10.3 Å². The Bertz CT molecular complexity index is 1030. The number of hydrogen-bond donors (Lipinski definition) is 1. The topological polar surface area (TPSA) is 64.2 Å². The smallest absolute Gasteiger partial charge is 0.254 e. The molecule has 30 heavy (non-hydrogen) atoms. The molecular weight excluding hydrogens is 410 g/mol. The zero-order valence-corrected chi connectivity index (χ0v) is 17.5. The van der Waals surface area contributed by atoms with Gasteiger partial charge in [0.2, 0.25) is 0 Å². The average Bonchev–Trinajstić information content (AvgIpc) is 2.74. The number of H-pyrrole nitrogens is 1. The first kappa shape index (κ1) is 22.0. The number of benzene rings is 2. The van der Waals surface area contributed by atoms with Gasteiger partial charge in [0, 0.05) is 23.3 Å². The number of aromatic nitrogens is 2. The van der Waals surface area contributed by atoms with Crippen molar-refractivity contribution in [3.63, 3.8) is 0 Å². The molecule has 1 N–H and O–H groups in total. The van der Waals surface area contributed by atoms with Gasteiger partial charge in [-0.2, -0.15) is 0 Å². The Morgan fingerprint density at radius 2 is 1.80 bits per heavy atom. The molecule has 0 aliphatic heterocycles. The Balaban J connectivity index is 1.58. The van der Waals surface area contributed by atoms with Crippen LogP contribution in [-0.4, -0.2) is 29.4 Å². The van der Waals surface area contributed by atoms with Gasteiger partial charge < -0.3 is 14.5 Å². The van der Waals surface area contributed by atoms with Crippen molar-refractivity contribution in [1.29, 1.82) is 0 Å². The van der Waals surface area contributed by atoms with Gasteiger partial charge in [-0.05, 0) is 36.8 Å². The third kappa shape index (κ3) is 5.67. The van der Waals surface area contributed by atoms with Crippen LogP contribution in [0.2, 0.25) is 0 Å². The van der Waals surface area contributed by atoms with Crippen molar-refractivity contribution in [2.75, 3.05) is 19.5 Å². The second-order valence-electron chi connectivity index (χ2n) is 6.57. The van der Waals surface area contributed by atoms with E-state index >= 15 is 0 Å². The summed E-state index contributed by atoms with van der Waals surface area (Å²) < 4.78 is 38.7. The zero-order chi connectivity index (χ0) is 21.5. The van der Waals surface area contributed by atoms with Crippen molar-refractivity contribution in [1.82, 2.24) is 9.97 Å². The Morgan fingerprint density at radius 3 is 2.47 bits per heavy atom. The summed E-state index contributed by atoms with van der Waals surface area (Å²) >= 11 is 1.32. The van der Waals surface area contributed by atoms with Crippen LogP contribution in [0.4, 0.5) is 8.78 Å². The van der Waals surface area contributed by atoms with E-state index < -0.39 is 11.6 Å². The summed E-state index contributed by atoms with van der Waals surface area (Å²) in [5.41, 5.74) is 1.30. The zero-order valence-electron chi connectivity index (χ0n) is 16.7. The first-order chi connectivity index (χ1) is 14.5. The fraction of sp³-hybridized carbons (Fsp3) is 0.273. The fourth-order valence-corrected chi connectivity index (χ4v) is 3.51. The number of nitrogens with one attached hydrogen (secondary N) is 1. The molecule has 0 bridgehead atoms. The fourth-order valence-electron chi connectivity index (χ4n) is 2.77. The number of hydrogen-bond acceptors (Lipinski definition) is 5. The summed E-state index contributed by atoms with van der Waals surface area (Å²) in [6.07, 6.45) is -0.0875. The average molecular weight is 432 g/mol. The summed E-state index contributed by atoms with van der Waals surface area (Å²) in [6, 6.07) is 11.3. The molecule has 0 amide bonds. The van der Waals surface area contributed by atoms with Crippen LogP contribution in [0.1, 0.15) is 22.4 Å². The van der Waals surface area contributed by atoms with Crippen molar-refractivity contribution in [2.24, 2.45) is 0 Å². The van der Waals surface area contributed by atoms with Crippen molar-refractivity contribution in [2.45, 2.75) is 25.1 Å². The second-order valence-corrected chi connectivity index (χ2v) is 7.65. The molecule has 3 rings (SSSR count). The Morgan fingerprint density at radius 1 is 1.10 bits per heavy atom. The number of halogens is 2. The van der Waals surface area contributed by atoms with Crippen molar-refractivity contribution in [3.05, 3.63) is 86.8 Å². The van der Waals surface area contributed by atoms with Crippen LogP contribution in [0.5, 0.6) is 5.75 Å². The lowest BCUT2D eigenvalue weighted by atomic mass is 10.1. The number of rotatable bonds is 9. The molecule has 5 nitrogen and oxygen atoms in total. The minimum atomic E-state index is -0.655. The van der Waals surface area contributed by atoms with Gasteiger partial charge in [-0.3, -0.25) is 4.79 Å². The van der Waals surface area contributed by atoms with Crippen LogP contribution in [0, 0.1) is 18.6 Å². The van der Waals surface area contributed by atoms with Crippen LogP contribution in [0.25, 0.3) is 0 Å². The van der Waals surface area contributed by atoms with Gasteiger partial charge in [-0.25, -0.2) is 13.8 Å². The number of methoxy groups -OCH3 is 1. The molecule has 0 saturated heterocycles. The van der Waals surface area contributed by atoms with E-state index in [1.807, 2.05) is 24.3 Å². The molecule has 0 aliphatic carbocycles. The molecule has 0 aliphatic rings. The molecule has 0 atom stereocenters. The van der Waals surface area contributed by atoms with E-state index in [0.717, 1.165) is 11.3 Å². The standard InChI is InChI=1S/C22H22F2N2O3S/c1-14-20(12-17-18(23)4-3-5-19(17)24)25-22(26-21(14)27)30-11-10-29-13-15-6-8-16(28-2)9-7-15/h3-9H,10-13H2,1-2H3,(H,25,26,27). The molecule has 0 fully saturated rings. The molecule has 0 radical (unpaired) electrons. The summed E-state index contributed by atoms with van der Waals surface area (Å²) in [7, 11) is 1.62. The van der Waals surface area contributed by atoms with E-state index in [1.165, 1.54) is 30.0 Å². The molecule has 1 aromatic heterocycles. The van der Waals surface area contributed by atoms with E-state index in [-0.39, 0.29) is 17.5 Å². The minimum Gasteiger partial charge on any atom is -0.497 e. The molecule has 2 aromatic carbocycles. The maximum Gasteiger partial charge on any atom is 0.254 e. The monoisotopic (exact) mass is 432 g/mol. The predicted octanol–water partition coefficient (Wildman–Crippen LogP) is 4.26. The SMILES string of the molecule is COc1ccc(COCCSc2nc(Cc3c(F)cccc3F)c(C)c(=O)[nH]2)cc1. The number of thioether (sulfide) groups is 1.